The first-order valence-corrected chi connectivity index (χ1v) is 7.17. The van der Waals surface area contributed by atoms with E-state index >= 15 is 0 Å². The van der Waals surface area contributed by atoms with Crippen molar-refractivity contribution in [1.29, 1.82) is 0 Å². The van der Waals surface area contributed by atoms with E-state index in [9.17, 15) is 0 Å². The summed E-state index contributed by atoms with van der Waals surface area (Å²) in [4.78, 5) is 4.14. The summed E-state index contributed by atoms with van der Waals surface area (Å²) in [7, 11) is 0. The molecule has 3 nitrogen and oxygen atoms in total. The molecule has 5 heteroatoms. The van der Waals surface area contributed by atoms with E-state index in [-0.39, 0.29) is 6.04 Å². The lowest BCUT2D eigenvalue weighted by Gasteiger charge is -2.28. The fourth-order valence-corrected chi connectivity index (χ4v) is 4.53. The van der Waals surface area contributed by atoms with Crippen molar-refractivity contribution >= 4 is 23.5 Å². The van der Waals surface area contributed by atoms with Crippen LogP contribution in [0.3, 0.4) is 0 Å². The smallest absolute Gasteiger partial charge is 0.0601 e. The Hall–Kier alpha value is -0.230. The maximum absolute atomic E-state index is 5.64. The number of hydrazine groups is 1. The van der Waals surface area contributed by atoms with Gasteiger partial charge in [0.05, 0.1) is 6.04 Å². The number of rotatable bonds is 3. The average molecular weight is 241 g/mol. The number of nitrogens with two attached hydrogens (primary N) is 1. The van der Waals surface area contributed by atoms with Gasteiger partial charge < -0.3 is 0 Å². The monoisotopic (exact) mass is 241 g/mol. The van der Waals surface area contributed by atoms with E-state index < -0.39 is 0 Å². The van der Waals surface area contributed by atoms with Crippen molar-refractivity contribution in [3.63, 3.8) is 0 Å². The van der Waals surface area contributed by atoms with E-state index in [0.29, 0.717) is 5.25 Å². The van der Waals surface area contributed by atoms with E-state index in [1.807, 2.05) is 35.8 Å². The number of hydrogen-bond donors (Lipinski definition) is 2. The van der Waals surface area contributed by atoms with Crippen molar-refractivity contribution in [2.45, 2.75) is 11.3 Å². The Morgan fingerprint density at radius 1 is 1.53 bits per heavy atom. The van der Waals surface area contributed by atoms with Gasteiger partial charge in [-0.05, 0) is 11.6 Å². The standard InChI is InChI=1S/C10H15N3S2/c11-13-10(8-2-1-3-12-6-8)9-7-14-4-5-15-9/h1-3,6,9-10,13H,4-5,7,11H2. The zero-order valence-electron chi connectivity index (χ0n) is 8.43. The zero-order valence-corrected chi connectivity index (χ0v) is 10.1. The number of thioether (sulfide) groups is 2. The van der Waals surface area contributed by atoms with Crippen LogP contribution in [0.25, 0.3) is 0 Å². The first-order chi connectivity index (χ1) is 7.42. The first-order valence-electron chi connectivity index (χ1n) is 4.97. The van der Waals surface area contributed by atoms with E-state index in [2.05, 4.69) is 16.5 Å². The number of nitrogens with one attached hydrogen (secondary N) is 1. The molecule has 0 aliphatic carbocycles. The Labute approximate surface area is 98.6 Å². The summed E-state index contributed by atoms with van der Waals surface area (Å²) in [5.74, 6) is 9.27. The minimum absolute atomic E-state index is 0.219. The summed E-state index contributed by atoms with van der Waals surface area (Å²) in [5, 5.41) is 0.554. The highest BCUT2D eigenvalue weighted by molar-refractivity contribution is 8.06. The molecule has 2 unspecified atom stereocenters. The molecular formula is C10H15N3S2. The van der Waals surface area contributed by atoms with Crippen LogP contribution in [0.4, 0.5) is 0 Å². The van der Waals surface area contributed by atoms with Gasteiger partial charge >= 0.3 is 0 Å². The second kappa shape index (κ2) is 5.75. The Bertz CT molecular complexity index is 288. The third kappa shape index (κ3) is 2.87. The molecule has 1 aromatic rings. The molecule has 1 saturated heterocycles. The summed E-state index contributed by atoms with van der Waals surface area (Å²) in [6.45, 7) is 0. The van der Waals surface area contributed by atoms with Crippen molar-refractivity contribution in [1.82, 2.24) is 10.4 Å². The molecule has 2 heterocycles. The Kier molecular flexibility index (Phi) is 4.31. The van der Waals surface area contributed by atoms with Gasteiger partial charge in [-0.3, -0.25) is 16.3 Å². The molecule has 0 amide bonds. The van der Waals surface area contributed by atoms with Gasteiger partial charge in [0.25, 0.3) is 0 Å². The number of hydrogen-bond acceptors (Lipinski definition) is 5. The van der Waals surface area contributed by atoms with Crippen LogP contribution < -0.4 is 11.3 Å². The fourth-order valence-electron chi connectivity index (χ4n) is 1.68. The average Bonchev–Trinajstić information content (AvgIpc) is 2.33. The fraction of sp³-hybridized carbons (Fsp3) is 0.500. The van der Waals surface area contributed by atoms with Gasteiger partial charge in [0.1, 0.15) is 0 Å². The lowest BCUT2D eigenvalue weighted by atomic mass is 10.1. The molecule has 2 atom stereocenters. The van der Waals surface area contributed by atoms with Crippen molar-refractivity contribution in [2.75, 3.05) is 17.3 Å². The molecule has 1 aliphatic heterocycles. The summed E-state index contributed by atoms with van der Waals surface area (Å²) in [6.07, 6.45) is 3.68. The molecule has 0 bridgehead atoms. The van der Waals surface area contributed by atoms with E-state index in [0.717, 1.165) is 5.75 Å². The van der Waals surface area contributed by atoms with Gasteiger partial charge in [0.2, 0.25) is 0 Å². The van der Waals surface area contributed by atoms with Gasteiger partial charge in [0, 0.05) is 34.9 Å². The topological polar surface area (TPSA) is 50.9 Å². The molecule has 0 aromatic carbocycles. The van der Waals surface area contributed by atoms with Crippen LogP contribution in [-0.4, -0.2) is 27.5 Å². The summed E-state index contributed by atoms with van der Waals surface area (Å²) >= 11 is 4.00. The molecule has 2 rings (SSSR count). The maximum Gasteiger partial charge on any atom is 0.0601 e. The van der Waals surface area contributed by atoms with Gasteiger partial charge in [0.15, 0.2) is 0 Å². The van der Waals surface area contributed by atoms with E-state index in [1.165, 1.54) is 17.1 Å². The number of pyridine rings is 1. The SMILES string of the molecule is NNC(c1cccnc1)C1CSCCS1. The van der Waals surface area contributed by atoms with E-state index in [1.54, 1.807) is 6.20 Å². The minimum atomic E-state index is 0.219. The predicted molar refractivity (Wildman–Crippen MR) is 67.9 cm³/mol. The van der Waals surface area contributed by atoms with Crippen molar-refractivity contribution in [2.24, 2.45) is 5.84 Å². The molecule has 1 fully saturated rings. The quantitative estimate of drug-likeness (QED) is 0.619. The van der Waals surface area contributed by atoms with Crippen LogP contribution in [-0.2, 0) is 0 Å². The molecular weight excluding hydrogens is 226 g/mol. The minimum Gasteiger partial charge on any atom is -0.271 e. The zero-order chi connectivity index (χ0) is 10.5. The summed E-state index contributed by atoms with van der Waals surface area (Å²) < 4.78 is 0. The third-order valence-corrected chi connectivity index (χ3v) is 5.30. The van der Waals surface area contributed by atoms with Crippen molar-refractivity contribution in [3.8, 4) is 0 Å². The lowest BCUT2D eigenvalue weighted by molar-refractivity contribution is 0.551. The molecule has 0 saturated carbocycles. The molecule has 0 radical (unpaired) electrons. The highest BCUT2D eigenvalue weighted by atomic mass is 32.2. The second-order valence-corrected chi connectivity index (χ2v) is 5.91. The Morgan fingerprint density at radius 2 is 2.47 bits per heavy atom. The van der Waals surface area contributed by atoms with Gasteiger partial charge in [-0.2, -0.15) is 23.5 Å². The van der Waals surface area contributed by atoms with Crippen LogP contribution >= 0.6 is 23.5 Å². The molecule has 1 aliphatic rings. The largest absolute Gasteiger partial charge is 0.271 e. The number of aromatic nitrogens is 1. The molecule has 15 heavy (non-hydrogen) atoms. The molecule has 82 valence electrons. The Morgan fingerprint density at radius 3 is 3.07 bits per heavy atom. The summed E-state index contributed by atoms with van der Waals surface area (Å²) in [6, 6.07) is 4.26. The normalized spacial score (nSPS) is 23.7. The van der Waals surface area contributed by atoms with Crippen LogP contribution in [0.1, 0.15) is 11.6 Å². The molecule has 0 spiro atoms. The second-order valence-electron chi connectivity index (χ2n) is 3.41. The van der Waals surface area contributed by atoms with Gasteiger partial charge in [-0.15, -0.1) is 0 Å². The van der Waals surface area contributed by atoms with Gasteiger partial charge in [-0.25, -0.2) is 0 Å². The molecule has 3 N–H and O–H groups in total. The van der Waals surface area contributed by atoms with Crippen molar-refractivity contribution in [3.05, 3.63) is 30.1 Å². The Balaban J connectivity index is 2.09. The molecule has 1 aromatic heterocycles. The summed E-state index contributed by atoms with van der Waals surface area (Å²) in [5.41, 5.74) is 4.09. The number of nitrogens with zero attached hydrogens (tertiary/aromatic N) is 1. The highest BCUT2D eigenvalue weighted by Crippen LogP contribution is 2.32. The van der Waals surface area contributed by atoms with E-state index in [4.69, 9.17) is 5.84 Å². The lowest BCUT2D eigenvalue weighted by Crippen LogP contribution is -2.37. The van der Waals surface area contributed by atoms with Gasteiger partial charge in [-0.1, -0.05) is 6.07 Å². The first kappa shape index (κ1) is 11.3. The maximum atomic E-state index is 5.64. The third-order valence-electron chi connectivity index (χ3n) is 2.44. The highest BCUT2D eigenvalue weighted by Gasteiger charge is 2.24. The van der Waals surface area contributed by atoms with Crippen LogP contribution in [0.2, 0.25) is 0 Å². The van der Waals surface area contributed by atoms with Crippen molar-refractivity contribution < 1.29 is 0 Å². The van der Waals surface area contributed by atoms with Crippen LogP contribution in [0.5, 0.6) is 0 Å². The van der Waals surface area contributed by atoms with Crippen LogP contribution in [0.15, 0.2) is 24.5 Å². The predicted octanol–water partition coefficient (Wildman–Crippen LogP) is 1.43. The van der Waals surface area contributed by atoms with Crippen LogP contribution in [0, 0.1) is 0 Å².